The summed E-state index contributed by atoms with van der Waals surface area (Å²) in [6.45, 7) is 0. The molecule has 0 radical (unpaired) electrons. The molecule has 5 heteroatoms. The number of Topliss-reactive ketones (excluding diaryl/α,β-unsaturated/α-hetero) is 1. The molecular weight excluding hydrogens is 308 g/mol. The van der Waals surface area contributed by atoms with Crippen molar-refractivity contribution in [2.45, 2.75) is 102 Å². The molecule has 0 spiro atoms. The summed E-state index contributed by atoms with van der Waals surface area (Å²) in [5.74, 6) is -0.656. The zero-order valence-corrected chi connectivity index (χ0v) is 14.6. The first-order chi connectivity index (χ1) is 11.6. The highest BCUT2D eigenvalue weighted by molar-refractivity contribution is 5.85. The molecule has 2 saturated carbocycles. The largest absolute Gasteiger partial charge is 0.462 e. The van der Waals surface area contributed by atoms with Crippen molar-refractivity contribution in [3.05, 3.63) is 0 Å². The average Bonchev–Trinajstić information content (AvgIpc) is 2.60. The third-order valence-electron chi connectivity index (χ3n) is 4.92. The second-order valence-electron chi connectivity index (χ2n) is 7.04. The normalized spacial score (nSPS) is 19.7. The van der Waals surface area contributed by atoms with Crippen LogP contribution in [-0.2, 0) is 23.9 Å². The Hall–Kier alpha value is -1.39. The fourth-order valence-electron chi connectivity index (χ4n) is 3.46. The molecule has 24 heavy (non-hydrogen) atoms. The van der Waals surface area contributed by atoms with Crippen LogP contribution in [0.4, 0.5) is 0 Å². The van der Waals surface area contributed by atoms with Crippen LogP contribution in [0.3, 0.4) is 0 Å². The first-order valence-electron chi connectivity index (χ1n) is 9.54. The number of ketones is 1. The molecule has 0 N–H and O–H groups in total. The minimum atomic E-state index is -0.292. The van der Waals surface area contributed by atoms with Crippen LogP contribution in [0.2, 0.25) is 0 Å². The number of carbonyl (C=O) groups is 3. The summed E-state index contributed by atoms with van der Waals surface area (Å²) in [7, 11) is 0. The summed E-state index contributed by atoms with van der Waals surface area (Å²) in [6.07, 6.45) is 11.2. The SMILES string of the molecule is O=C(CCC(=O)OC1CCCCC1)CCC(=O)OC1CCCCC1. The molecule has 0 saturated heterocycles. The molecule has 5 nitrogen and oxygen atoms in total. The smallest absolute Gasteiger partial charge is 0.306 e. The second kappa shape index (κ2) is 10.5. The fourth-order valence-corrected chi connectivity index (χ4v) is 3.46. The molecule has 0 aromatic carbocycles. The van der Waals surface area contributed by atoms with Crippen LogP contribution in [0.15, 0.2) is 0 Å². The van der Waals surface area contributed by atoms with E-state index >= 15 is 0 Å². The Morgan fingerprint density at radius 3 is 1.33 bits per heavy atom. The minimum Gasteiger partial charge on any atom is -0.462 e. The predicted molar refractivity (Wildman–Crippen MR) is 89.4 cm³/mol. The van der Waals surface area contributed by atoms with Gasteiger partial charge in [-0.3, -0.25) is 14.4 Å². The third kappa shape index (κ3) is 7.45. The molecular formula is C19H30O5. The van der Waals surface area contributed by atoms with Crippen LogP contribution in [0, 0.1) is 0 Å². The summed E-state index contributed by atoms with van der Waals surface area (Å²) >= 11 is 0. The summed E-state index contributed by atoms with van der Waals surface area (Å²) in [5.41, 5.74) is 0. The lowest BCUT2D eigenvalue weighted by Gasteiger charge is -2.22. The Bertz CT molecular complexity index is 381. The van der Waals surface area contributed by atoms with Gasteiger partial charge in [0.2, 0.25) is 0 Å². The van der Waals surface area contributed by atoms with Gasteiger partial charge >= 0.3 is 11.9 Å². The Morgan fingerprint density at radius 1 is 0.583 bits per heavy atom. The van der Waals surface area contributed by atoms with E-state index in [2.05, 4.69) is 0 Å². The van der Waals surface area contributed by atoms with E-state index in [1.54, 1.807) is 0 Å². The standard InChI is InChI=1S/C19H30O5/c20-15(11-13-18(21)23-16-7-3-1-4-8-16)12-14-19(22)24-17-9-5-2-6-10-17/h16-17H,1-14H2. The van der Waals surface area contributed by atoms with Gasteiger partial charge in [-0.15, -0.1) is 0 Å². The maximum absolute atomic E-state index is 11.8. The summed E-state index contributed by atoms with van der Waals surface area (Å²) < 4.78 is 10.8. The van der Waals surface area contributed by atoms with Gasteiger partial charge in [-0.05, 0) is 51.4 Å². The van der Waals surface area contributed by atoms with Crippen LogP contribution >= 0.6 is 0 Å². The van der Waals surface area contributed by atoms with Crippen LogP contribution in [0.5, 0.6) is 0 Å². The van der Waals surface area contributed by atoms with E-state index in [4.69, 9.17) is 9.47 Å². The Kier molecular flexibility index (Phi) is 8.26. The van der Waals surface area contributed by atoms with Gasteiger partial charge < -0.3 is 9.47 Å². The van der Waals surface area contributed by atoms with E-state index < -0.39 is 0 Å². The molecule has 2 aliphatic rings. The molecule has 0 aliphatic heterocycles. The van der Waals surface area contributed by atoms with Gasteiger partial charge in [-0.1, -0.05) is 12.8 Å². The van der Waals surface area contributed by atoms with E-state index in [9.17, 15) is 14.4 Å². The fraction of sp³-hybridized carbons (Fsp3) is 0.842. The van der Waals surface area contributed by atoms with Crippen LogP contribution in [-0.4, -0.2) is 29.9 Å². The lowest BCUT2D eigenvalue weighted by atomic mass is 9.98. The van der Waals surface area contributed by atoms with E-state index in [-0.39, 0.29) is 55.6 Å². The zero-order chi connectivity index (χ0) is 17.2. The van der Waals surface area contributed by atoms with Crippen molar-refractivity contribution in [2.75, 3.05) is 0 Å². The van der Waals surface area contributed by atoms with E-state index in [0.29, 0.717) is 0 Å². The maximum atomic E-state index is 11.8. The van der Waals surface area contributed by atoms with Gasteiger partial charge in [0.15, 0.2) is 0 Å². The van der Waals surface area contributed by atoms with Crippen molar-refractivity contribution in [3.8, 4) is 0 Å². The first kappa shape index (κ1) is 18.9. The third-order valence-corrected chi connectivity index (χ3v) is 4.92. The van der Waals surface area contributed by atoms with E-state index in [0.717, 1.165) is 51.4 Å². The maximum Gasteiger partial charge on any atom is 0.306 e. The zero-order valence-electron chi connectivity index (χ0n) is 14.6. The Morgan fingerprint density at radius 2 is 0.958 bits per heavy atom. The molecule has 2 fully saturated rings. The molecule has 2 aliphatic carbocycles. The Balaban J connectivity index is 1.53. The first-order valence-corrected chi connectivity index (χ1v) is 9.54. The second-order valence-corrected chi connectivity index (χ2v) is 7.04. The molecule has 136 valence electrons. The lowest BCUT2D eigenvalue weighted by molar-refractivity contribution is -0.151. The van der Waals surface area contributed by atoms with Crippen molar-refractivity contribution in [2.24, 2.45) is 0 Å². The summed E-state index contributed by atoms with van der Waals surface area (Å²) in [6, 6.07) is 0. The van der Waals surface area contributed by atoms with Gasteiger partial charge in [0.1, 0.15) is 18.0 Å². The van der Waals surface area contributed by atoms with Crippen molar-refractivity contribution in [1.82, 2.24) is 0 Å². The highest BCUT2D eigenvalue weighted by Gasteiger charge is 2.20. The minimum absolute atomic E-state index is 0.0341. The topological polar surface area (TPSA) is 69.7 Å². The molecule has 2 rings (SSSR count). The summed E-state index contributed by atoms with van der Waals surface area (Å²) in [4.78, 5) is 35.3. The monoisotopic (exact) mass is 338 g/mol. The van der Waals surface area contributed by atoms with Crippen LogP contribution < -0.4 is 0 Å². The molecule has 0 amide bonds. The van der Waals surface area contributed by atoms with Crippen molar-refractivity contribution < 1.29 is 23.9 Å². The van der Waals surface area contributed by atoms with E-state index in [1.165, 1.54) is 12.8 Å². The van der Waals surface area contributed by atoms with Crippen molar-refractivity contribution in [1.29, 1.82) is 0 Å². The summed E-state index contributed by atoms with van der Waals surface area (Å²) in [5, 5.41) is 0. The highest BCUT2D eigenvalue weighted by atomic mass is 16.5. The number of rotatable bonds is 8. The quantitative estimate of drug-likeness (QED) is 0.628. The van der Waals surface area contributed by atoms with Crippen molar-refractivity contribution >= 4 is 17.7 Å². The number of ether oxygens (including phenoxy) is 2. The van der Waals surface area contributed by atoms with Gasteiger partial charge in [0, 0.05) is 12.8 Å². The molecule has 0 aromatic heterocycles. The lowest BCUT2D eigenvalue weighted by Crippen LogP contribution is -2.22. The van der Waals surface area contributed by atoms with Crippen molar-refractivity contribution in [3.63, 3.8) is 0 Å². The molecule has 0 heterocycles. The van der Waals surface area contributed by atoms with Gasteiger partial charge in [-0.25, -0.2) is 0 Å². The molecule has 0 unspecified atom stereocenters. The van der Waals surface area contributed by atoms with Gasteiger partial charge in [0.05, 0.1) is 12.8 Å². The van der Waals surface area contributed by atoms with Gasteiger partial charge in [-0.2, -0.15) is 0 Å². The van der Waals surface area contributed by atoms with E-state index in [1.807, 2.05) is 0 Å². The Labute approximate surface area is 144 Å². The highest BCUT2D eigenvalue weighted by Crippen LogP contribution is 2.22. The number of hydrogen-bond acceptors (Lipinski definition) is 5. The number of hydrogen-bond donors (Lipinski definition) is 0. The molecule has 0 atom stereocenters. The van der Waals surface area contributed by atoms with Crippen LogP contribution in [0.25, 0.3) is 0 Å². The molecule has 0 aromatic rings. The average molecular weight is 338 g/mol. The van der Waals surface area contributed by atoms with Crippen LogP contribution in [0.1, 0.15) is 89.9 Å². The number of carbonyl (C=O) groups excluding carboxylic acids is 3. The predicted octanol–water partition coefficient (Wildman–Crippen LogP) is 3.87. The van der Waals surface area contributed by atoms with Gasteiger partial charge in [0.25, 0.3) is 0 Å². The molecule has 0 bridgehead atoms. The number of esters is 2.